The molecule has 0 saturated carbocycles. The molecule has 0 unspecified atom stereocenters. The minimum atomic E-state index is -0.199. The van der Waals surface area contributed by atoms with E-state index in [9.17, 15) is 5.11 Å². The maximum absolute atomic E-state index is 10.7. The van der Waals surface area contributed by atoms with Crippen LogP contribution in [0.1, 0.15) is 52.7 Å². The van der Waals surface area contributed by atoms with Crippen LogP contribution >= 0.6 is 35.0 Å². The third-order valence-electron chi connectivity index (χ3n) is 3.47. The third-order valence-corrected chi connectivity index (χ3v) is 4.64. The number of benzene rings is 1. The fourth-order valence-electron chi connectivity index (χ4n) is 2.27. The number of aromatic hydroxyl groups is 1. The van der Waals surface area contributed by atoms with Crippen LogP contribution in [0.2, 0.25) is 10.6 Å². The second kappa shape index (κ2) is 6.70. The number of hydrogen-bond donors (Lipinski definition) is 1. The van der Waals surface area contributed by atoms with Gasteiger partial charge in [0, 0.05) is 16.0 Å². The zero-order valence-corrected chi connectivity index (χ0v) is 16.9. The van der Waals surface area contributed by atoms with Crippen LogP contribution < -0.4 is 0 Å². The van der Waals surface area contributed by atoms with Crippen molar-refractivity contribution in [3.8, 4) is 5.75 Å². The Balaban J connectivity index is 2.58. The van der Waals surface area contributed by atoms with Crippen LogP contribution in [0.5, 0.6) is 5.75 Å². The average molecular weight is 386 g/mol. The lowest BCUT2D eigenvalue weighted by Crippen LogP contribution is -2.17. The van der Waals surface area contributed by atoms with Crippen LogP contribution in [-0.4, -0.2) is 20.1 Å². The van der Waals surface area contributed by atoms with Gasteiger partial charge in [-0.05, 0) is 57.9 Å². The lowest BCUT2D eigenvalue weighted by Gasteiger charge is -2.28. The summed E-state index contributed by atoms with van der Waals surface area (Å²) in [5.41, 5.74) is 1.36. The summed E-state index contributed by atoms with van der Waals surface area (Å²) in [6, 6.07) is 3.92. The lowest BCUT2D eigenvalue weighted by molar-refractivity contribution is 0.422. The van der Waals surface area contributed by atoms with Gasteiger partial charge in [0.25, 0.3) is 0 Å². The predicted molar refractivity (Wildman–Crippen MR) is 99.5 cm³/mol. The summed E-state index contributed by atoms with van der Waals surface area (Å²) >= 11 is 13.0. The molecule has 7 heteroatoms. The van der Waals surface area contributed by atoms with Crippen LogP contribution in [0.4, 0.5) is 0 Å². The van der Waals surface area contributed by atoms with Gasteiger partial charge in [-0.15, -0.1) is 0 Å². The number of phenols is 1. The molecular formula is C17H21Cl2N3OS. The SMILES string of the molecule is CC(C)(C)c1cc(Sc2nc(Cl)nc(Cl)n2)cc(C(C)(C)C)c1O. The van der Waals surface area contributed by atoms with Gasteiger partial charge in [0.2, 0.25) is 10.6 Å². The molecule has 2 rings (SSSR count). The molecule has 0 aliphatic rings. The first kappa shape index (κ1) is 19.3. The molecule has 0 spiro atoms. The Morgan fingerprint density at radius 2 is 1.25 bits per heavy atom. The van der Waals surface area contributed by atoms with Crippen molar-refractivity contribution in [3.05, 3.63) is 33.8 Å². The zero-order chi connectivity index (χ0) is 18.3. The van der Waals surface area contributed by atoms with Crippen molar-refractivity contribution in [1.29, 1.82) is 0 Å². The van der Waals surface area contributed by atoms with Gasteiger partial charge in [-0.25, -0.2) is 0 Å². The van der Waals surface area contributed by atoms with E-state index in [0.717, 1.165) is 16.0 Å². The van der Waals surface area contributed by atoms with Crippen LogP contribution in [0.25, 0.3) is 0 Å². The third kappa shape index (κ3) is 4.52. The summed E-state index contributed by atoms with van der Waals surface area (Å²) < 4.78 is 0. The molecule has 0 radical (unpaired) electrons. The Morgan fingerprint density at radius 1 is 0.833 bits per heavy atom. The molecule has 1 heterocycles. The molecule has 130 valence electrons. The molecule has 4 nitrogen and oxygen atoms in total. The number of phenolic OH excluding ortho intramolecular Hbond substituents is 1. The number of halogens is 2. The van der Waals surface area contributed by atoms with Crippen LogP contribution in [0, 0.1) is 0 Å². The molecule has 1 aromatic heterocycles. The predicted octanol–water partition coefficient (Wildman–Crippen LogP) is 5.63. The van der Waals surface area contributed by atoms with Gasteiger partial charge in [0.1, 0.15) is 5.75 Å². The van der Waals surface area contributed by atoms with Gasteiger partial charge in [0.05, 0.1) is 0 Å². The van der Waals surface area contributed by atoms with Crippen molar-refractivity contribution in [2.24, 2.45) is 0 Å². The van der Waals surface area contributed by atoms with Crippen molar-refractivity contribution in [1.82, 2.24) is 15.0 Å². The van der Waals surface area contributed by atoms with Crippen molar-refractivity contribution in [2.45, 2.75) is 62.4 Å². The maximum Gasteiger partial charge on any atom is 0.227 e. The quantitative estimate of drug-likeness (QED) is 0.725. The van der Waals surface area contributed by atoms with Gasteiger partial charge in [-0.2, -0.15) is 15.0 Å². The smallest absolute Gasteiger partial charge is 0.227 e. The summed E-state index contributed by atoms with van der Waals surface area (Å²) in [6.07, 6.45) is 0. The molecule has 0 atom stereocenters. The van der Waals surface area contributed by atoms with Crippen molar-refractivity contribution >= 4 is 35.0 Å². The van der Waals surface area contributed by atoms with Gasteiger partial charge < -0.3 is 5.11 Å². The molecular weight excluding hydrogens is 365 g/mol. The Labute approximate surface area is 157 Å². The second-order valence-electron chi connectivity index (χ2n) is 7.63. The topological polar surface area (TPSA) is 58.9 Å². The average Bonchev–Trinajstić information content (AvgIpc) is 2.36. The number of hydrogen-bond acceptors (Lipinski definition) is 5. The van der Waals surface area contributed by atoms with E-state index in [1.807, 2.05) is 12.1 Å². The summed E-state index contributed by atoms with van der Waals surface area (Å²) in [4.78, 5) is 12.9. The summed E-state index contributed by atoms with van der Waals surface area (Å²) in [7, 11) is 0. The van der Waals surface area contributed by atoms with E-state index in [1.165, 1.54) is 11.8 Å². The molecule has 0 bridgehead atoms. The Hall–Kier alpha value is -1.04. The summed E-state index contributed by atoms with van der Waals surface area (Å²) in [5.74, 6) is 0.339. The van der Waals surface area contributed by atoms with Crippen molar-refractivity contribution in [2.75, 3.05) is 0 Å². The van der Waals surface area contributed by atoms with E-state index < -0.39 is 0 Å². The highest BCUT2D eigenvalue weighted by Gasteiger charge is 2.27. The highest BCUT2D eigenvalue weighted by molar-refractivity contribution is 7.99. The Kier molecular flexibility index (Phi) is 5.38. The lowest BCUT2D eigenvalue weighted by atomic mass is 9.79. The molecule has 0 aliphatic heterocycles. The van der Waals surface area contributed by atoms with Crippen molar-refractivity contribution < 1.29 is 5.11 Å². The minimum absolute atomic E-state index is 0.0587. The van der Waals surface area contributed by atoms with Gasteiger partial charge in [-0.3, -0.25) is 0 Å². The standard InChI is InChI=1S/C17H21Cl2N3OS/c1-16(2,3)10-7-9(8-11(12(10)23)17(4,5)6)24-15-21-13(18)20-14(19)22-15/h7-8,23H,1-6H3. The van der Waals surface area contributed by atoms with E-state index in [0.29, 0.717) is 10.9 Å². The second-order valence-corrected chi connectivity index (χ2v) is 9.34. The first-order valence-electron chi connectivity index (χ1n) is 7.51. The van der Waals surface area contributed by atoms with Crippen LogP contribution in [-0.2, 0) is 10.8 Å². The summed E-state index contributed by atoms with van der Waals surface area (Å²) in [5, 5.41) is 11.3. The molecule has 0 amide bonds. The van der Waals surface area contributed by atoms with Crippen LogP contribution in [0.3, 0.4) is 0 Å². The fourth-order valence-corrected chi connectivity index (χ4v) is 3.56. The molecule has 1 N–H and O–H groups in total. The number of rotatable bonds is 2. The van der Waals surface area contributed by atoms with E-state index in [2.05, 4.69) is 56.5 Å². The van der Waals surface area contributed by atoms with Gasteiger partial charge in [0.15, 0.2) is 5.16 Å². The number of nitrogens with zero attached hydrogens (tertiary/aromatic N) is 3. The molecule has 1 aromatic carbocycles. The van der Waals surface area contributed by atoms with E-state index in [4.69, 9.17) is 23.2 Å². The van der Waals surface area contributed by atoms with E-state index >= 15 is 0 Å². The number of aromatic nitrogens is 3. The molecule has 0 saturated heterocycles. The largest absolute Gasteiger partial charge is 0.507 e. The van der Waals surface area contributed by atoms with E-state index in [-0.39, 0.29) is 21.4 Å². The molecule has 0 fully saturated rings. The normalized spacial score (nSPS) is 12.5. The minimum Gasteiger partial charge on any atom is -0.507 e. The molecule has 24 heavy (non-hydrogen) atoms. The highest BCUT2D eigenvalue weighted by atomic mass is 35.5. The van der Waals surface area contributed by atoms with Crippen LogP contribution in [0.15, 0.2) is 22.2 Å². The maximum atomic E-state index is 10.7. The van der Waals surface area contributed by atoms with Gasteiger partial charge >= 0.3 is 0 Å². The van der Waals surface area contributed by atoms with Gasteiger partial charge in [-0.1, -0.05) is 41.5 Å². The first-order chi connectivity index (χ1) is 10.9. The monoisotopic (exact) mass is 385 g/mol. The first-order valence-corrected chi connectivity index (χ1v) is 9.08. The summed E-state index contributed by atoms with van der Waals surface area (Å²) in [6.45, 7) is 12.4. The Morgan fingerprint density at radius 3 is 1.62 bits per heavy atom. The fraction of sp³-hybridized carbons (Fsp3) is 0.471. The Bertz CT molecular complexity index is 712. The van der Waals surface area contributed by atoms with Crippen molar-refractivity contribution in [3.63, 3.8) is 0 Å². The van der Waals surface area contributed by atoms with E-state index in [1.54, 1.807) is 0 Å². The zero-order valence-electron chi connectivity index (χ0n) is 14.6. The molecule has 2 aromatic rings. The highest BCUT2D eigenvalue weighted by Crippen LogP contribution is 2.42. The molecule has 0 aliphatic carbocycles.